The first-order valence-electron chi connectivity index (χ1n) is 5.32. The zero-order valence-corrected chi connectivity index (χ0v) is 10.5. The lowest BCUT2D eigenvalue weighted by Gasteiger charge is -2.05. The Hall–Kier alpha value is -1.21. The van der Waals surface area contributed by atoms with Gasteiger partial charge in [0.15, 0.2) is 0 Å². The number of nitriles is 1. The summed E-state index contributed by atoms with van der Waals surface area (Å²) >= 11 is 0. The van der Waals surface area contributed by atoms with Crippen LogP contribution in [0.3, 0.4) is 0 Å². The summed E-state index contributed by atoms with van der Waals surface area (Å²) < 4.78 is 11.7. The Balaban J connectivity index is 2.53. The van der Waals surface area contributed by atoms with Crippen LogP contribution in [0.5, 0.6) is 0 Å². The Kier molecular flexibility index (Phi) is 5.13. The van der Waals surface area contributed by atoms with Crippen molar-refractivity contribution in [2.24, 2.45) is 5.92 Å². The van der Waals surface area contributed by atoms with E-state index >= 15 is 0 Å². The zero-order valence-electron chi connectivity index (χ0n) is 9.64. The molecule has 4 heteroatoms. The van der Waals surface area contributed by atoms with Gasteiger partial charge < -0.3 is 0 Å². The number of aromatic nitrogens is 1. The molecule has 1 atom stereocenters. The highest BCUT2D eigenvalue weighted by molar-refractivity contribution is 7.84. The molecule has 1 aromatic rings. The lowest BCUT2D eigenvalue weighted by molar-refractivity contribution is 0.619. The first kappa shape index (κ1) is 12.9. The highest BCUT2D eigenvalue weighted by Crippen LogP contribution is 2.07. The summed E-state index contributed by atoms with van der Waals surface area (Å²) in [7, 11) is -0.839. The van der Waals surface area contributed by atoms with Gasteiger partial charge in [0.1, 0.15) is 11.8 Å². The van der Waals surface area contributed by atoms with E-state index in [-0.39, 0.29) is 0 Å². The van der Waals surface area contributed by atoms with Crippen LogP contribution in [-0.2, 0) is 16.6 Å². The molecule has 0 aliphatic rings. The van der Waals surface area contributed by atoms with Crippen molar-refractivity contribution in [1.82, 2.24) is 4.98 Å². The molecule has 0 N–H and O–H groups in total. The van der Waals surface area contributed by atoms with Crippen molar-refractivity contribution in [3.63, 3.8) is 0 Å². The van der Waals surface area contributed by atoms with Crippen molar-refractivity contribution in [3.05, 3.63) is 29.6 Å². The number of pyridine rings is 1. The molecule has 16 heavy (non-hydrogen) atoms. The van der Waals surface area contributed by atoms with Crippen LogP contribution in [0.1, 0.15) is 31.5 Å². The molecule has 1 aromatic heterocycles. The Morgan fingerprint density at radius 2 is 2.31 bits per heavy atom. The Morgan fingerprint density at radius 3 is 2.94 bits per heavy atom. The fourth-order valence-corrected chi connectivity index (χ4v) is 2.68. The van der Waals surface area contributed by atoms with E-state index in [1.807, 2.05) is 12.1 Å². The largest absolute Gasteiger partial charge is 0.259 e. The molecule has 0 saturated carbocycles. The van der Waals surface area contributed by atoms with E-state index in [4.69, 9.17) is 5.26 Å². The second-order valence-corrected chi connectivity index (χ2v) is 5.71. The van der Waals surface area contributed by atoms with Gasteiger partial charge in [-0.15, -0.1) is 0 Å². The van der Waals surface area contributed by atoms with Gasteiger partial charge in [-0.3, -0.25) is 4.21 Å². The molecule has 0 aromatic carbocycles. The van der Waals surface area contributed by atoms with Gasteiger partial charge >= 0.3 is 0 Å². The number of nitrogens with zero attached hydrogens (tertiary/aromatic N) is 2. The fourth-order valence-electron chi connectivity index (χ4n) is 1.25. The Morgan fingerprint density at radius 1 is 1.56 bits per heavy atom. The predicted molar refractivity (Wildman–Crippen MR) is 65.1 cm³/mol. The van der Waals surface area contributed by atoms with Gasteiger partial charge in [0, 0.05) is 28.5 Å². The zero-order chi connectivity index (χ0) is 12.0. The van der Waals surface area contributed by atoms with Crippen molar-refractivity contribution >= 4 is 10.8 Å². The minimum Gasteiger partial charge on any atom is -0.259 e. The smallest absolute Gasteiger partial charge is 0.140 e. The highest BCUT2D eigenvalue weighted by atomic mass is 32.2. The SMILES string of the molecule is CC(C)CCS(=O)Cc1ccnc(C#N)c1. The molecular weight excluding hydrogens is 220 g/mol. The van der Waals surface area contributed by atoms with E-state index in [2.05, 4.69) is 18.8 Å². The maximum atomic E-state index is 11.7. The van der Waals surface area contributed by atoms with E-state index < -0.39 is 10.8 Å². The third-order valence-corrected chi connectivity index (χ3v) is 3.54. The van der Waals surface area contributed by atoms with E-state index in [1.54, 1.807) is 12.3 Å². The maximum Gasteiger partial charge on any atom is 0.140 e. The molecule has 0 aliphatic heterocycles. The minimum atomic E-state index is -0.839. The van der Waals surface area contributed by atoms with Crippen molar-refractivity contribution in [2.75, 3.05) is 5.75 Å². The average Bonchev–Trinajstić information content (AvgIpc) is 2.26. The van der Waals surface area contributed by atoms with Crippen LogP contribution in [0.4, 0.5) is 0 Å². The van der Waals surface area contributed by atoms with E-state index in [0.717, 1.165) is 17.7 Å². The molecule has 1 heterocycles. The van der Waals surface area contributed by atoms with Crippen molar-refractivity contribution < 1.29 is 4.21 Å². The standard InChI is InChI=1S/C12H16N2OS/c1-10(2)4-6-16(15)9-11-3-5-14-12(7-11)8-13/h3,5,7,10H,4,6,9H2,1-2H3. The minimum absolute atomic E-state index is 0.387. The first-order valence-corrected chi connectivity index (χ1v) is 6.80. The highest BCUT2D eigenvalue weighted by Gasteiger charge is 2.04. The second kappa shape index (κ2) is 6.39. The average molecular weight is 236 g/mol. The van der Waals surface area contributed by atoms with Crippen LogP contribution in [0.2, 0.25) is 0 Å². The summed E-state index contributed by atoms with van der Waals surface area (Å²) in [5.41, 5.74) is 1.31. The molecule has 0 saturated heterocycles. The number of hydrogen-bond acceptors (Lipinski definition) is 3. The van der Waals surface area contributed by atoms with Gasteiger partial charge in [0.25, 0.3) is 0 Å². The summed E-state index contributed by atoms with van der Waals surface area (Å²) in [5, 5.41) is 8.68. The molecule has 0 bridgehead atoms. The van der Waals surface area contributed by atoms with Crippen LogP contribution < -0.4 is 0 Å². The molecule has 0 aliphatic carbocycles. The van der Waals surface area contributed by atoms with Crippen LogP contribution in [0.15, 0.2) is 18.3 Å². The number of rotatable bonds is 5. The van der Waals surface area contributed by atoms with Crippen LogP contribution in [0.25, 0.3) is 0 Å². The Labute approximate surface area is 99.0 Å². The van der Waals surface area contributed by atoms with Gasteiger partial charge in [-0.05, 0) is 30.0 Å². The monoisotopic (exact) mass is 236 g/mol. The lowest BCUT2D eigenvalue weighted by Crippen LogP contribution is -2.04. The lowest BCUT2D eigenvalue weighted by atomic mass is 10.2. The van der Waals surface area contributed by atoms with Gasteiger partial charge in [-0.2, -0.15) is 5.26 Å². The van der Waals surface area contributed by atoms with E-state index in [0.29, 0.717) is 17.4 Å². The van der Waals surface area contributed by atoms with Gasteiger partial charge in [0.2, 0.25) is 0 Å². The van der Waals surface area contributed by atoms with Gasteiger partial charge in [-0.1, -0.05) is 13.8 Å². The van der Waals surface area contributed by atoms with Gasteiger partial charge in [0.05, 0.1) is 0 Å². The first-order chi connectivity index (χ1) is 7.61. The molecule has 0 radical (unpaired) electrons. The summed E-state index contributed by atoms with van der Waals surface area (Å²) in [5.74, 6) is 1.82. The molecule has 1 rings (SSSR count). The van der Waals surface area contributed by atoms with E-state index in [1.165, 1.54) is 0 Å². The quantitative estimate of drug-likeness (QED) is 0.788. The van der Waals surface area contributed by atoms with Crippen molar-refractivity contribution in [1.29, 1.82) is 5.26 Å². The molecule has 0 spiro atoms. The second-order valence-electron chi connectivity index (χ2n) is 4.13. The van der Waals surface area contributed by atoms with Crippen LogP contribution >= 0.6 is 0 Å². The molecular formula is C12H16N2OS. The van der Waals surface area contributed by atoms with Gasteiger partial charge in [-0.25, -0.2) is 4.98 Å². The molecule has 0 fully saturated rings. The predicted octanol–water partition coefficient (Wildman–Crippen LogP) is 2.25. The summed E-state index contributed by atoms with van der Waals surface area (Å²) in [6.07, 6.45) is 2.57. The van der Waals surface area contributed by atoms with Crippen LogP contribution in [0, 0.1) is 17.2 Å². The van der Waals surface area contributed by atoms with Crippen molar-refractivity contribution in [3.8, 4) is 6.07 Å². The van der Waals surface area contributed by atoms with Crippen LogP contribution in [-0.4, -0.2) is 14.9 Å². The fraction of sp³-hybridized carbons (Fsp3) is 0.500. The van der Waals surface area contributed by atoms with Crippen molar-refractivity contribution in [2.45, 2.75) is 26.0 Å². The summed E-state index contributed by atoms with van der Waals surface area (Å²) in [6, 6.07) is 5.50. The molecule has 0 amide bonds. The third-order valence-electron chi connectivity index (χ3n) is 2.19. The summed E-state index contributed by atoms with van der Waals surface area (Å²) in [6.45, 7) is 4.24. The molecule has 1 unspecified atom stereocenters. The van der Waals surface area contributed by atoms with E-state index in [9.17, 15) is 4.21 Å². The molecule has 86 valence electrons. The molecule has 3 nitrogen and oxygen atoms in total. The topological polar surface area (TPSA) is 53.8 Å². The normalized spacial score (nSPS) is 12.4. The Bertz CT molecular complexity index is 410. The third kappa shape index (κ3) is 4.54. The number of hydrogen-bond donors (Lipinski definition) is 0. The summed E-state index contributed by atoms with van der Waals surface area (Å²) in [4.78, 5) is 3.88. The maximum absolute atomic E-state index is 11.7.